The van der Waals surface area contributed by atoms with E-state index in [1.807, 2.05) is 13.8 Å². The average molecular weight is 358 g/mol. The Kier molecular flexibility index (Phi) is 8.00. The monoisotopic (exact) mass is 358 g/mol. The fourth-order valence-corrected chi connectivity index (χ4v) is 2.90. The number of hydrogen-bond acceptors (Lipinski definition) is 5. The Morgan fingerprint density at radius 2 is 1.79 bits per heavy atom. The first-order valence-corrected chi connectivity index (χ1v) is 9.42. The fraction of sp³-hybridized carbons (Fsp3) is 0.562. The summed E-state index contributed by atoms with van der Waals surface area (Å²) in [6.45, 7) is 4.49. The molecule has 0 saturated carbocycles. The molecule has 136 valence electrons. The molecule has 0 aliphatic rings. The van der Waals surface area contributed by atoms with E-state index >= 15 is 0 Å². The summed E-state index contributed by atoms with van der Waals surface area (Å²) in [5, 5.41) is 2.59. The molecule has 1 aromatic carbocycles. The maximum atomic E-state index is 12.1. The maximum Gasteiger partial charge on any atom is 0.251 e. The summed E-state index contributed by atoms with van der Waals surface area (Å²) in [6.07, 6.45) is 0.775. The number of nitrogens with one attached hydrogen (secondary N) is 2. The molecular weight excluding hydrogens is 332 g/mol. The van der Waals surface area contributed by atoms with Gasteiger partial charge in [-0.3, -0.25) is 4.79 Å². The van der Waals surface area contributed by atoms with Gasteiger partial charge in [-0.25, -0.2) is 13.1 Å². The van der Waals surface area contributed by atoms with Crippen LogP contribution in [-0.2, 0) is 10.0 Å². The summed E-state index contributed by atoms with van der Waals surface area (Å²) in [5.74, 6) is 0.856. The van der Waals surface area contributed by atoms with Gasteiger partial charge in [0, 0.05) is 18.7 Å². The van der Waals surface area contributed by atoms with Gasteiger partial charge in [0.15, 0.2) is 11.5 Å². The van der Waals surface area contributed by atoms with Crippen LogP contribution in [0.15, 0.2) is 18.2 Å². The van der Waals surface area contributed by atoms with Crippen LogP contribution in [0.4, 0.5) is 0 Å². The van der Waals surface area contributed by atoms with Gasteiger partial charge in [0.1, 0.15) is 0 Å². The van der Waals surface area contributed by atoms with Crippen LogP contribution in [-0.4, -0.2) is 47.4 Å². The highest BCUT2D eigenvalue weighted by Gasteiger charge is 2.13. The van der Waals surface area contributed by atoms with E-state index in [-0.39, 0.29) is 18.2 Å². The van der Waals surface area contributed by atoms with Gasteiger partial charge in [0.05, 0.1) is 20.0 Å². The quantitative estimate of drug-likeness (QED) is 0.659. The van der Waals surface area contributed by atoms with Crippen molar-refractivity contribution in [1.29, 1.82) is 0 Å². The Hall–Kier alpha value is -1.80. The van der Waals surface area contributed by atoms with Crippen LogP contribution in [0.1, 0.15) is 30.6 Å². The summed E-state index contributed by atoms with van der Waals surface area (Å²) < 4.78 is 36.4. The number of benzene rings is 1. The third-order valence-electron chi connectivity index (χ3n) is 3.35. The summed E-state index contributed by atoms with van der Waals surface area (Å²) >= 11 is 0. The van der Waals surface area contributed by atoms with Crippen molar-refractivity contribution in [2.75, 3.05) is 33.1 Å². The molecule has 7 nitrogen and oxygen atoms in total. The molecular formula is C16H26N2O5S. The topological polar surface area (TPSA) is 93.7 Å². The molecule has 0 aliphatic carbocycles. The molecule has 8 heteroatoms. The van der Waals surface area contributed by atoms with E-state index in [4.69, 9.17) is 9.47 Å². The molecule has 0 aliphatic heterocycles. The van der Waals surface area contributed by atoms with Crippen molar-refractivity contribution in [2.24, 2.45) is 5.92 Å². The molecule has 1 amide bonds. The third kappa shape index (κ3) is 6.76. The van der Waals surface area contributed by atoms with Crippen LogP contribution < -0.4 is 19.5 Å². The van der Waals surface area contributed by atoms with Gasteiger partial charge in [-0.1, -0.05) is 13.8 Å². The Morgan fingerprint density at radius 1 is 1.12 bits per heavy atom. The average Bonchev–Trinajstić information content (AvgIpc) is 2.53. The molecule has 0 spiro atoms. The van der Waals surface area contributed by atoms with Gasteiger partial charge in [0.2, 0.25) is 10.0 Å². The smallest absolute Gasteiger partial charge is 0.251 e. The predicted molar refractivity (Wildman–Crippen MR) is 93.1 cm³/mol. The lowest BCUT2D eigenvalue weighted by atomic mass is 10.1. The molecule has 0 bridgehead atoms. The highest BCUT2D eigenvalue weighted by Crippen LogP contribution is 2.27. The van der Waals surface area contributed by atoms with E-state index in [2.05, 4.69) is 10.0 Å². The lowest BCUT2D eigenvalue weighted by Gasteiger charge is -2.11. The summed E-state index contributed by atoms with van der Waals surface area (Å²) in [5.41, 5.74) is 0.373. The van der Waals surface area contributed by atoms with Crippen molar-refractivity contribution < 1.29 is 22.7 Å². The second-order valence-corrected chi connectivity index (χ2v) is 7.65. The number of methoxy groups -OCH3 is 2. The van der Waals surface area contributed by atoms with E-state index in [0.717, 1.165) is 6.42 Å². The van der Waals surface area contributed by atoms with Crippen molar-refractivity contribution in [2.45, 2.75) is 20.3 Å². The number of hydrogen-bond donors (Lipinski definition) is 2. The van der Waals surface area contributed by atoms with E-state index in [1.54, 1.807) is 18.2 Å². The Bertz CT molecular complexity index is 644. The Morgan fingerprint density at radius 3 is 2.38 bits per heavy atom. The maximum absolute atomic E-state index is 12.1. The second kappa shape index (κ2) is 9.48. The SMILES string of the molecule is COc1ccc(C(=O)NCCS(=O)(=O)NCCC(C)C)cc1OC. The van der Waals surface area contributed by atoms with Crippen molar-refractivity contribution >= 4 is 15.9 Å². The van der Waals surface area contributed by atoms with Crippen LogP contribution in [0.2, 0.25) is 0 Å². The van der Waals surface area contributed by atoms with Crippen molar-refractivity contribution in [3.63, 3.8) is 0 Å². The van der Waals surface area contributed by atoms with E-state index in [1.165, 1.54) is 14.2 Å². The number of amides is 1. The molecule has 0 heterocycles. The van der Waals surface area contributed by atoms with Gasteiger partial charge in [-0.2, -0.15) is 0 Å². The lowest BCUT2D eigenvalue weighted by molar-refractivity contribution is 0.0955. The zero-order valence-electron chi connectivity index (χ0n) is 14.6. The molecule has 0 saturated heterocycles. The highest BCUT2D eigenvalue weighted by molar-refractivity contribution is 7.89. The first kappa shape index (κ1) is 20.2. The predicted octanol–water partition coefficient (Wildman–Crippen LogP) is 1.40. The number of rotatable bonds is 10. The van der Waals surface area contributed by atoms with Crippen molar-refractivity contribution in [3.05, 3.63) is 23.8 Å². The molecule has 0 atom stereocenters. The van der Waals surface area contributed by atoms with Crippen LogP contribution >= 0.6 is 0 Å². The molecule has 0 fully saturated rings. The summed E-state index contributed by atoms with van der Waals surface area (Å²) in [7, 11) is -0.398. The zero-order valence-corrected chi connectivity index (χ0v) is 15.4. The largest absolute Gasteiger partial charge is 0.493 e. The first-order chi connectivity index (χ1) is 11.3. The van der Waals surface area contributed by atoms with Crippen LogP contribution in [0.3, 0.4) is 0 Å². The van der Waals surface area contributed by atoms with Crippen LogP contribution in [0, 0.1) is 5.92 Å². The zero-order chi connectivity index (χ0) is 18.2. The molecule has 2 N–H and O–H groups in total. The van der Waals surface area contributed by atoms with Crippen molar-refractivity contribution in [1.82, 2.24) is 10.0 Å². The van der Waals surface area contributed by atoms with Gasteiger partial charge in [-0.15, -0.1) is 0 Å². The molecule has 24 heavy (non-hydrogen) atoms. The molecule has 0 aromatic heterocycles. The van der Waals surface area contributed by atoms with Gasteiger partial charge < -0.3 is 14.8 Å². The lowest BCUT2D eigenvalue weighted by Crippen LogP contribution is -2.35. The molecule has 0 radical (unpaired) electrons. The summed E-state index contributed by atoms with van der Waals surface area (Å²) in [4.78, 5) is 12.1. The first-order valence-electron chi connectivity index (χ1n) is 7.76. The van der Waals surface area contributed by atoms with Gasteiger partial charge >= 0.3 is 0 Å². The number of carbonyl (C=O) groups is 1. The van der Waals surface area contributed by atoms with Crippen LogP contribution in [0.25, 0.3) is 0 Å². The Balaban J connectivity index is 2.51. The standard InChI is InChI=1S/C16H26N2O5S/c1-12(2)7-8-18-24(20,21)10-9-17-16(19)13-5-6-14(22-3)15(11-13)23-4/h5-6,11-12,18H,7-10H2,1-4H3,(H,17,19). The Labute approximate surface area is 143 Å². The molecule has 1 rings (SSSR count). The second-order valence-electron chi connectivity index (χ2n) is 5.72. The number of sulfonamides is 1. The normalized spacial score (nSPS) is 11.4. The summed E-state index contributed by atoms with van der Waals surface area (Å²) in [6, 6.07) is 4.76. The van der Waals surface area contributed by atoms with Gasteiger partial charge in [-0.05, 0) is 30.5 Å². The molecule has 1 aromatic rings. The minimum absolute atomic E-state index is 0.0319. The van der Waals surface area contributed by atoms with E-state index in [0.29, 0.717) is 29.5 Å². The minimum atomic E-state index is -3.39. The van der Waals surface area contributed by atoms with E-state index in [9.17, 15) is 13.2 Å². The highest BCUT2D eigenvalue weighted by atomic mass is 32.2. The minimum Gasteiger partial charge on any atom is -0.493 e. The number of carbonyl (C=O) groups excluding carboxylic acids is 1. The van der Waals surface area contributed by atoms with Crippen molar-refractivity contribution in [3.8, 4) is 11.5 Å². The fourth-order valence-electron chi connectivity index (χ4n) is 1.95. The number of ether oxygens (including phenoxy) is 2. The van der Waals surface area contributed by atoms with E-state index < -0.39 is 10.0 Å². The van der Waals surface area contributed by atoms with Gasteiger partial charge in [0.25, 0.3) is 5.91 Å². The molecule has 0 unspecified atom stereocenters. The third-order valence-corrected chi connectivity index (χ3v) is 4.73. The van der Waals surface area contributed by atoms with Crippen LogP contribution in [0.5, 0.6) is 11.5 Å².